The Morgan fingerprint density at radius 3 is 2.64 bits per heavy atom. The lowest BCUT2D eigenvalue weighted by Crippen LogP contribution is -2.17. The molecule has 0 fully saturated rings. The molecule has 1 N–H and O–H groups in total. The number of benzene rings is 1. The zero-order valence-electron chi connectivity index (χ0n) is 12.2. The number of ether oxygens (including phenoxy) is 2. The molecule has 22 heavy (non-hydrogen) atoms. The molecule has 0 bridgehead atoms. The number of nitrogens with zero attached hydrogens (tertiary/aromatic N) is 2. The molecule has 1 aromatic carbocycles. The van der Waals surface area contributed by atoms with Crippen LogP contribution in [-0.4, -0.2) is 34.1 Å². The second-order valence-electron chi connectivity index (χ2n) is 4.94. The minimum atomic E-state index is -1.04. The Labute approximate surface area is 135 Å². The van der Waals surface area contributed by atoms with Gasteiger partial charge in [0.1, 0.15) is 13.2 Å². The van der Waals surface area contributed by atoms with Crippen LogP contribution in [0.25, 0.3) is 11.3 Å². The number of halogens is 1. The molecule has 0 aliphatic carbocycles. The van der Waals surface area contributed by atoms with Crippen molar-refractivity contribution in [2.24, 2.45) is 7.05 Å². The fourth-order valence-electron chi connectivity index (χ4n) is 2.63. The van der Waals surface area contributed by atoms with Gasteiger partial charge in [0, 0.05) is 18.2 Å². The molecule has 2 heterocycles. The number of carboxylic acids is 1. The molecule has 1 aromatic heterocycles. The highest BCUT2D eigenvalue weighted by Gasteiger charge is 2.24. The Bertz CT molecular complexity index is 754. The molecule has 0 atom stereocenters. The third-order valence-corrected chi connectivity index (χ3v) is 4.19. The molecule has 1 aliphatic rings. The van der Waals surface area contributed by atoms with Crippen molar-refractivity contribution in [2.45, 2.75) is 13.3 Å². The fourth-order valence-corrected chi connectivity index (χ4v) is 3.15. The zero-order valence-corrected chi connectivity index (χ0v) is 13.8. The summed E-state index contributed by atoms with van der Waals surface area (Å²) in [6.45, 7) is 3.05. The largest absolute Gasteiger partial charge is 0.486 e. The lowest BCUT2D eigenvalue weighted by atomic mass is 10.00. The van der Waals surface area contributed by atoms with Crippen LogP contribution < -0.4 is 9.47 Å². The molecule has 0 amide bonds. The van der Waals surface area contributed by atoms with Crippen molar-refractivity contribution in [1.82, 2.24) is 9.78 Å². The van der Waals surface area contributed by atoms with Crippen molar-refractivity contribution in [2.75, 3.05) is 13.2 Å². The summed E-state index contributed by atoms with van der Waals surface area (Å²) in [6, 6.07) is 3.49. The van der Waals surface area contributed by atoms with Crippen molar-refractivity contribution in [3.05, 3.63) is 27.9 Å². The van der Waals surface area contributed by atoms with E-state index in [0.29, 0.717) is 19.0 Å². The number of fused-ring (bicyclic) bond motifs is 1. The van der Waals surface area contributed by atoms with Gasteiger partial charge < -0.3 is 14.6 Å². The molecular weight excluding hydrogens is 352 g/mol. The summed E-state index contributed by atoms with van der Waals surface area (Å²) in [5.41, 5.74) is 2.62. The summed E-state index contributed by atoms with van der Waals surface area (Å²) in [7, 11) is 1.73. The van der Waals surface area contributed by atoms with E-state index < -0.39 is 5.97 Å². The lowest BCUT2D eigenvalue weighted by Gasteiger charge is -2.24. The summed E-state index contributed by atoms with van der Waals surface area (Å²) in [6.07, 6.45) is 0.738. The standard InChI is InChI=1S/C15H15BrN2O4/c1-3-8-9(12-7-11(15(19)20)17-18(12)2)6-10(16)14-13(8)21-4-5-22-14/h6-7H,3-5H2,1-2H3,(H,19,20). The molecule has 7 heteroatoms. The van der Waals surface area contributed by atoms with Gasteiger partial charge >= 0.3 is 5.97 Å². The first kappa shape index (κ1) is 14.9. The smallest absolute Gasteiger partial charge is 0.356 e. The minimum absolute atomic E-state index is 0.0190. The zero-order chi connectivity index (χ0) is 15.9. The first-order valence-electron chi connectivity index (χ1n) is 6.91. The average molecular weight is 367 g/mol. The second-order valence-corrected chi connectivity index (χ2v) is 5.79. The van der Waals surface area contributed by atoms with E-state index in [1.807, 2.05) is 13.0 Å². The number of aromatic nitrogens is 2. The third kappa shape index (κ3) is 2.35. The fraction of sp³-hybridized carbons (Fsp3) is 0.333. The van der Waals surface area contributed by atoms with E-state index in [1.165, 1.54) is 0 Å². The van der Waals surface area contributed by atoms with Crippen molar-refractivity contribution >= 4 is 21.9 Å². The van der Waals surface area contributed by atoms with E-state index in [2.05, 4.69) is 21.0 Å². The van der Waals surface area contributed by atoms with Crippen LogP contribution in [0.5, 0.6) is 11.5 Å². The molecule has 0 radical (unpaired) electrons. The Morgan fingerprint density at radius 1 is 1.36 bits per heavy atom. The molecule has 2 aromatic rings. The molecule has 0 saturated carbocycles. The average Bonchev–Trinajstić information content (AvgIpc) is 2.89. The van der Waals surface area contributed by atoms with Crippen molar-refractivity contribution in [3.8, 4) is 22.8 Å². The maximum atomic E-state index is 11.1. The van der Waals surface area contributed by atoms with E-state index in [1.54, 1.807) is 17.8 Å². The van der Waals surface area contributed by atoms with E-state index in [0.717, 1.165) is 33.5 Å². The molecule has 3 rings (SSSR count). The number of aromatic carboxylic acids is 1. The van der Waals surface area contributed by atoms with Crippen molar-refractivity contribution < 1.29 is 19.4 Å². The van der Waals surface area contributed by atoms with E-state index >= 15 is 0 Å². The predicted molar refractivity (Wildman–Crippen MR) is 83.7 cm³/mol. The van der Waals surface area contributed by atoms with Crippen LogP contribution >= 0.6 is 15.9 Å². The number of hydrogen-bond donors (Lipinski definition) is 1. The monoisotopic (exact) mass is 366 g/mol. The van der Waals surface area contributed by atoms with Crippen LogP contribution in [0.4, 0.5) is 0 Å². The lowest BCUT2D eigenvalue weighted by molar-refractivity contribution is 0.0689. The highest BCUT2D eigenvalue weighted by atomic mass is 79.9. The van der Waals surface area contributed by atoms with Crippen LogP contribution in [0.15, 0.2) is 16.6 Å². The highest BCUT2D eigenvalue weighted by Crippen LogP contribution is 2.45. The van der Waals surface area contributed by atoms with Crippen LogP contribution in [0.2, 0.25) is 0 Å². The Morgan fingerprint density at radius 2 is 2.05 bits per heavy atom. The van der Waals surface area contributed by atoms with Crippen LogP contribution in [0, 0.1) is 0 Å². The van der Waals surface area contributed by atoms with Gasteiger partial charge in [-0.15, -0.1) is 0 Å². The minimum Gasteiger partial charge on any atom is -0.486 e. The van der Waals surface area contributed by atoms with Crippen LogP contribution in [0.3, 0.4) is 0 Å². The van der Waals surface area contributed by atoms with Gasteiger partial charge in [-0.25, -0.2) is 4.79 Å². The summed E-state index contributed by atoms with van der Waals surface area (Å²) >= 11 is 3.50. The maximum Gasteiger partial charge on any atom is 0.356 e. The molecule has 116 valence electrons. The molecule has 6 nitrogen and oxygen atoms in total. The number of carboxylic acid groups (broad SMARTS) is 1. The predicted octanol–water partition coefficient (Wildman–Crippen LogP) is 2.88. The van der Waals surface area contributed by atoms with Crippen LogP contribution in [-0.2, 0) is 13.5 Å². The number of hydrogen-bond acceptors (Lipinski definition) is 4. The van der Waals surface area contributed by atoms with Gasteiger partial charge in [0.25, 0.3) is 0 Å². The van der Waals surface area contributed by atoms with Gasteiger partial charge in [0.2, 0.25) is 0 Å². The molecule has 0 saturated heterocycles. The first-order chi connectivity index (χ1) is 10.5. The van der Waals surface area contributed by atoms with Crippen molar-refractivity contribution in [1.29, 1.82) is 0 Å². The normalized spacial score (nSPS) is 13.2. The Kier molecular flexibility index (Phi) is 3.82. The van der Waals surface area contributed by atoms with Gasteiger partial charge in [-0.1, -0.05) is 6.92 Å². The van der Waals surface area contributed by atoms with Gasteiger partial charge in [-0.05, 0) is 34.5 Å². The maximum absolute atomic E-state index is 11.1. The summed E-state index contributed by atoms with van der Waals surface area (Å²) in [5, 5.41) is 13.1. The number of rotatable bonds is 3. The van der Waals surface area contributed by atoms with E-state index in [-0.39, 0.29) is 5.69 Å². The number of carbonyl (C=O) groups is 1. The van der Waals surface area contributed by atoms with Gasteiger partial charge in [-0.3, -0.25) is 4.68 Å². The first-order valence-corrected chi connectivity index (χ1v) is 7.71. The van der Waals surface area contributed by atoms with Gasteiger partial charge in [0.15, 0.2) is 17.2 Å². The van der Waals surface area contributed by atoms with Crippen molar-refractivity contribution in [3.63, 3.8) is 0 Å². The van der Waals surface area contributed by atoms with E-state index in [9.17, 15) is 4.79 Å². The van der Waals surface area contributed by atoms with Gasteiger partial charge in [0.05, 0.1) is 10.2 Å². The molecule has 1 aliphatic heterocycles. The highest BCUT2D eigenvalue weighted by molar-refractivity contribution is 9.10. The summed E-state index contributed by atoms with van der Waals surface area (Å²) in [5.74, 6) is 0.375. The van der Waals surface area contributed by atoms with E-state index in [4.69, 9.17) is 14.6 Å². The third-order valence-electron chi connectivity index (χ3n) is 3.60. The quantitative estimate of drug-likeness (QED) is 0.903. The summed E-state index contributed by atoms with van der Waals surface area (Å²) < 4.78 is 13.8. The van der Waals surface area contributed by atoms with Crippen LogP contribution in [0.1, 0.15) is 23.0 Å². The summed E-state index contributed by atoms with van der Waals surface area (Å²) in [4.78, 5) is 11.1. The topological polar surface area (TPSA) is 73.6 Å². The Hall–Kier alpha value is -2.02. The second kappa shape index (κ2) is 5.64. The van der Waals surface area contributed by atoms with Gasteiger partial charge in [-0.2, -0.15) is 5.10 Å². The Balaban J connectivity index is 2.23. The molecular formula is C15H15BrN2O4. The SMILES string of the molecule is CCc1c(-c2cc(C(=O)O)nn2C)cc(Br)c2c1OCCO2. The molecule has 0 unspecified atom stereocenters. The molecule has 0 spiro atoms. The number of aryl methyl sites for hydroxylation is 1.